The summed E-state index contributed by atoms with van der Waals surface area (Å²) in [4.78, 5) is 11.6. The number of rotatable bonds is 4. The van der Waals surface area contributed by atoms with Gasteiger partial charge in [0.15, 0.2) is 0 Å². The Morgan fingerprint density at radius 1 is 1.25 bits per heavy atom. The summed E-state index contributed by atoms with van der Waals surface area (Å²) in [7, 11) is 1.58. The van der Waals surface area contributed by atoms with Gasteiger partial charge in [-0.15, -0.1) is 0 Å². The van der Waals surface area contributed by atoms with Crippen molar-refractivity contribution in [3.63, 3.8) is 0 Å². The minimum atomic E-state index is -0.165. The molecule has 0 aliphatic carbocycles. The third-order valence-electron chi connectivity index (χ3n) is 2.85. The van der Waals surface area contributed by atoms with E-state index in [1.54, 1.807) is 43.4 Å². The van der Waals surface area contributed by atoms with Crippen LogP contribution in [0.4, 0.5) is 5.69 Å². The highest BCUT2D eigenvalue weighted by Crippen LogP contribution is 2.24. The quantitative estimate of drug-likeness (QED) is 0.811. The number of anilines is 1. The molecular weight excluding hydrogens is 276 g/mol. The van der Waals surface area contributed by atoms with Gasteiger partial charge in [0.05, 0.1) is 10.7 Å². The summed E-state index contributed by atoms with van der Waals surface area (Å²) in [6, 6.07) is 12.0. The number of carbonyl (C=O) groups excluding carboxylic acids is 1. The van der Waals surface area contributed by atoms with Crippen LogP contribution in [0.15, 0.2) is 42.5 Å². The number of hydrogen-bond donors (Lipinski definition) is 3. The molecule has 104 valence electrons. The molecule has 2 rings (SSSR count). The van der Waals surface area contributed by atoms with Gasteiger partial charge in [-0.25, -0.2) is 0 Å². The second-order valence-corrected chi connectivity index (χ2v) is 4.70. The number of aromatic hydroxyl groups is 1. The Hall–Kier alpha value is -2.20. The lowest BCUT2D eigenvalue weighted by Gasteiger charge is -2.10. The summed E-state index contributed by atoms with van der Waals surface area (Å²) in [5.41, 5.74) is 2.14. The maximum atomic E-state index is 11.6. The fraction of sp³-hybridized carbons (Fsp3) is 0.133. The van der Waals surface area contributed by atoms with E-state index in [0.717, 1.165) is 5.56 Å². The summed E-state index contributed by atoms with van der Waals surface area (Å²) in [6.45, 7) is 0.505. The maximum Gasteiger partial charge on any atom is 0.251 e. The molecule has 0 radical (unpaired) electrons. The Morgan fingerprint density at radius 2 is 2.05 bits per heavy atom. The molecule has 5 heteroatoms. The van der Waals surface area contributed by atoms with Crippen molar-refractivity contribution in [1.82, 2.24) is 5.32 Å². The van der Waals surface area contributed by atoms with E-state index in [1.807, 2.05) is 6.07 Å². The first-order valence-corrected chi connectivity index (χ1v) is 6.51. The van der Waals surface area contributed by atoms with Gasteiger partial charge < -0.3 is 15.7 Å². The SMILES string of the molecule is CNC(=O)c1ccc(Cl)c(NCc2cccc(O)c2)c1. The molecule has 4 nitrogen and oxygen atoms in total. The zero-order valence-corrected chi connectivity index (χ0v) is 11.7. The third kappa shape index (κ3) is 3.42. The molecule has 0 bridgehead atoms. The number of hydrogen-bond acceptors (Lipinski definition) is 3. The van der Waals surface area contributed by atoms with E-state index in [2.05, 4.69) is 10.6 Å². The van der Waals surface area contributed by atoms with E-state index in [4.69, 9.17) is 11.6 Å². The standard InChI is InChI=1S/C15H15ClN2O2/c1-17-15(20)11-5-6-13(16)14(8-11)18-9-10-3-2-4-12(19)7-10/h2-8,18-19H,9H2,1H3,(H,17,20). The van der Waals surface area contributed by atoms with Gasteiger partial charge in [-0.1, -0.05) is 23.7 Å². The van der Waals surface area contributed by atoms with Crippen LogP contribution >= 0.6 is 11.6 Å². The molecule has 20 heavy (non-hydrogen) atoms. The van der Waals surface area contributed by atoms with Gasteiger partial charge in [0, 0.05) is 19.2 Å². The molecule has 0 aliphatic heterocycles. The summed E-state index contributed by atoms with van der Waals surface area (Å²) in [6.07, 6.45) is 0. The van der Waals surface area contributed by atoms with Gasteiger partial charge in [0.25, 0.3) is 5.91 Å². The van der Waals surface area contributed by atoms with Crippen LogP contribution in [-0.2, 0) is 6.54 Å². The summed E-state index contributed by atoms with van der Waals surface area (Å²) in [5.74, 6) is 0.0524. The van der Waals surface area contributed by atoms with Crippen molar-refractivity contribution < 1.29 is 9.90 Å². The van der Waals surface area contributed by atoms with Crippen LogP contribution in [0.5, 0.6) is 5.75 Å². The average Bonchev–Trinajstić information content (AvgIpc) is 2.45. The van der Waals surface area contributed by atoms with Gasteiger partial charge in [0.2, 0.25) is 0 Å². The van der Waals surface area contributed by atoms with Crippen LogP contribution in [0.1, 0.15) is 15.9 Å². The minimum absolute atomic E-state index is 0.165. The predicted octanol–water partition coefficient (Wildman–Crippen LogP) is 3.02. The van der Waals surface area contributed by atoms with Gasteiger partial charge in [-0.2, -0.15) is 0 Å². The second kappa shape index (κ2) is 6.30. The van der Waals surface area contributed by atoms with Crippen molar-refractivity contribution in [2.45, 2.75) is 6.54 Å². The van der Waals surface area contributed by atoms with E-state index in [0.29, 0.717) is 22.8 Å². The molecule has 0 saturated heterocycles. The fourth-order valence-electron chi connectivity index (χ4n) is 1.81. The van der Waals surface area contributed by atoms with Gasteiger partial charge in [-0.05, 0) is 35.9 Å². The maximum absolute atomic E-state index is 11.6. The monoisotopic (exact) mass is 290 g/mol. The highest BCUT2D eigenvalue weighted by atomic mass is 35.5. The Balaban J connectivity index is 2.14. The van der Waals surface area contributed by atoms with Crippen molar-refractivity contribution in [2.75, 3.05) is 12.4 Å². The Morgan fingerprint density at radius 3 is 2.75 bits per heavy atom. The number of carbonyl (C=O) groups is 1. The number of benzene rings is 2. The highest BCUT2D eigenvalue weighted by molar-refractivity contribution is 6.33. The number of phenolic OH excluding ortho intramolecular Hbond substituents is 1. The van der Waals surface area contributed by atoms with E-state index >= 15 is 0 Å². The Kier molecular flexibility index (Phi) is 4.48. The summed E-state index contributed by atoms with van der Waals surface area (Å²) in [5, 5.41) is 15.7. The zero-order chi connectivity index (χ0) is 14.5. The van der Waals surface area contributed by atoms with E-state index in [-0.39, 0.29) is 11.7 Å². The third-order valence-corrected chi connectivity index (χ3v) is 3.18. The summed E-state index contributed by atoms with van der Waals surface area (Å²) < 4.78 is 0. The molecule has 0 saturated carbocycles. The van der Waals surface area contributed by atoms with E-state index in [9.17, 15) is 9.90 Å². The molecule has 0 heterocycles. The Labute approximate surface area is 122 Å². The first kappa shape index (κ1) is 14.2. The van der Waals surface area contributed by atoms with Crippen LogP contribution in [0, 0.1) is 0 Å². The molecule has 3 N–H and O–H groups in total. The van der Waals surface area contributed by atoms with E-state index in [1.165, 1.54) is 0 Å². The lowest BCUT2D eigenvalue weighted by molar-refractivity contribution is 0.0963. The van der Waals surface area contributed by atoms with Crippen molar-refractivity contribution in [1.29, 1.82) is 0 Å². The molecular formula is C15H15ClN2O2. The smallest absolute Gasteiger partial charge is 0.251 e. The number of nitrogens with one attached hydrogen (secondary N) is 2. The predicted molar refractivity (Wildman–Crippen MR) is 80.3 cm³/mol. The lowest BCUT2D eigenvalue weighted by Crippen LogP contribution is -2.17. The molecule has 1 amide bonds. The molecule has 0 spiro atoms. The number of phenols is 1. The van der Waals surface area contributed by atoms with Gasteiger partial charge in [0.1, 0.15) is 5.75 Å². The van der Waals surface area contributed by atoms with Crippen LogP contribution in [0.2, 0.25) is 5.02 Å². The largest absolute Gasteiger partial charge is 0.508 e. The molecule has 0 aromatic heterocycles. The van der Waals surface area contributed by atoms with Crippen LogP contribution in [0.3, 0.4) is 0 Å². The van der Waals surface area contributed by atoms with Crippen LogP contribution < -0.4 is 10.6 Å². The Bertz CT molecular complexity index is 629. The van der Waals surface area contributed by atoms with Crippen molar-refractivity contribution in [3.8, 4) is 5.75 Å². The first-order chi connectivity index (χ1) is 9.60. The molecule has 0 unspecified atom stereocenters. The molecule has 0 atom stereocenters. The van der Waals surface area contributed by atoms with Crippen LogP contribution in [0.25, 0.3) is 0 Å². The topological polar surface area (TPSA) is 61.4 Å². The second-order valence-electron chi connectivity index (χ2n) is 4.30. The minimum Gasteiger partial charge on any atom is -0.508 e. The molecule has 2 aromatic rings. The zero-order valence-electron chi connectivity index (χ0n) is 11.0. The molecule has 0 fully saturated rings. The highest BCUT2D eigenvalue weighted by Gasteiger charge is 2.07. The van der Waals surface area contributed by atoms with Crippen LogP contribution in [-0.4, -0.2) is 18.1 Å². The normalized spacial score (nSPS) is 10.1. The molecule has 0 aliphatic rings. The summed E-state index contributed by atoms with van der Waals surface area (Å²) >= 11 is 6.10. The van der Waals surface area contributed by atoms with Crippen molar-refractivity contribution >= 4 is 23.2 Å². The van der Waals surface area contributed by atoms with Crippen molar-refractivity contribution in [2.24, 2.45) is 0 Å². The van der Waals surface area contributed by atoms with Gasteiger partial charge in [-0.3, -0.25) is 4.79 Å². The number of halogens is 1. The average molecular weight is 291 g/mol. The fourth-order valence-corrected chi connectivity index (χ4v) is 1.99. The lowest BCUT2D eigenvalue weighted by atomic mass is 10.1. The van der Waals surface area contributed by atoms with Gasteiger partial charge >= 0.3 is 0 Å². The first-order valence-electron chi connectivity index (χ1n) is 6.13. The van der Waals surface area contributed by atoms with E-state index < -0.39 is 0 Å². The van der Waals surface area contributed by atoms with Crippen molar-refractivity contribution in [3.05, 3.63) is 58.6 Å². The number of amides is 1. The molecule has 2 aromatic carbocycles.